The van der Waals surface area contributed by atoms with Gasteiger partial charge in [0, 0.05) is 17.8 Å². The molecule has 2 aromatic rings. The minimum atomic E-state index is -3.42. The molecule has 0 amide bonds. The first-order chi connectivity index (χ1) is 7.00. The Balaban J connectivity index is 2.72. The van der Waals surface area contributed by atoms with Crippen molar-refractivity contribution in [3.8, 4) is 6.07 Å². The van der Waals surface area contributed by atoms with E-state index in [1.54, 1.807) is 6.07 Å². The monoisotopic (exact) mass is 222 g/mol. The normalized spacial score (nSPS) is 11.5. The molecule has 0 aromatic carbocycles. The molecule has 15 heavy (non-hydrogen) atoms. The number of nitrogens with one attached hydrogen (secondary N) is 1. The van der Waals surface area contributed by atoms with Crippen LogP contribution >= 0.6 is 0 Å². The fourth-order valence-corrected chi connectivity index (χ4v) is 1.64. The summed E-state index contributed by atoms with van der Waals surface area (Å²) < 4.78 is 22.3. The van der Waals surface area contributed by atoms with Gasteiger partial charge in [0.05, 0.1) is 0 Å². The zero-order valence-corrected chi connectivity index (χ0v) is 8.54. The second-order valence-corrected chi connectivity index (χ2v) is 4.93. The lowest BCUT2D eigenvalue weighted by molar-refractivity contribution is 0.593. The Morgan fingerprint density at radius 3 is 2.87 bits per heavy atom. The number of H-pyrrole nitrogens is 1. The molecule has 0 aliphatic rings. The van der Waals surface area contributed by atoms with Crippen LogP contribution in [-0.4, -0.2) is 29.6 Å². The molecule has 0 spiro atoms. The molecule has 76 valence electrons. The van der Waals surface area contributed by atoms with Gasteiger partial charge < -0.3 is 4.98 Å². The largest absolute Gasteiger partial charge is 0.331 e. The van der Waals surface area contributed by atoms with Gasteiger partial charge in [0.15, 0.2) is 0 Å². The van der Waals surface area contributed by atoms with Crippen LogP contribution in [0.2, 0.25) is 0 Å². The topological polar surface area (TPSA) is 99.5 Å². The van der Waals surface area contributed by atoms with Crippen LogP contribution in [-0.2, 0) is 9.84 Å². The van der Waals surface area contributed by atoms with Crippen molar-refractivity contribution < 1.29 is 8.42 Å². The summed E-state index contributed by atoms with van der Waals surface area (Å²) >= 11 is 0. The van der Waals surface area contributed by atoms with E-state index in [-0.39, 0.29) is 5.16 Å². The smallest absolute Gasteiger partial charge is 0.248 e. The van der Waals surface area contributed by atoms with Crippen LogP contribution in [0.15, 0.2) is 17.4 Å². The van der Waals surface area contributed by atoms with Crippen molar-refractivity contribution in [1.82, 2.24) is 15.0 Å². The summed E-state index contributed by atoms with van der Waals surface area (Å²) in [5, 5.41) is 8.98. The first-order valence-electron chi connectivity index (χ1n) is 3.96. The standard InChI is InChI=1S/C8H6N4O2S/c1-15(13,14)8-10-4-5-2-6(3-9)11-7(5)12-8/h2,4H,1H3,(H,10,11,12). The second kappa shape index (κ2) is 3.03. The van der Waals surface area contributed by atoms with E-state index in [4.69, 9.17) is 5.26 Å². The van der Waals surface area contributed by atoms with E-state index < -0.39 is 9.84 Å². The van der Waals surface area contributed by atoms with Gasteiger partial charge in [0.1, 0.15) is 17.4 Å². The number of nitrogens with zero attached hydrogens (tertiary/aromatic N) is 3. The van der Waals surface area contributed by atoms with Crippen molar-refractivity contribution in [3.05, 3.63) is 18.0 Å². The summed E-state index contributed by atoms with van der Waals surface area (Å²) in [6.45, 7) is 0. The Morgan fingerprint density at radius 1 is 1.53 bits per heavy atom. The molecule has 0 unspecified atom stereocenters. The van der Waals surface area contributed by atoms with Crippen molar-refractivity contribution in [3.63, 3.8) is 0 Å². The highest BCUT2D eigenvalue weighted by Gasteiger charge is 2.12. The summed E-state index contributed by atoms with van der Waals surface area (Å²) in [5.74, 6) is 0. The lowest BCUT2D eigenvalue weighted by Gasteiger charge is -1.94. The number of sulfone groups is 1. The molecule has 1 N–H and O–H groups in total. The molecule has 0 radical (unpaired) electrons. The molecule has 0 saturated carbocycles. The summed E-state index contributed by atoms with van der Waals surface area (Å²) in [7, 11) is -3.42. The number of aromatic amines is 1. The van der Waals surface area contributed by atoms with Gasteiger partial charge in [-0.1, -0.05) is 0 Å². The summed E-state index contributed by atoms with van der Waals surface area (Å²) in [6.07, 6.45) is 2.40. The first kappa shape index (κ1) is 9.61. The molecule has 0 aliphatic carbocycles. The average Bonchev–Trinajstić information content (AvgIpc) is 2.57. The van der Waals surface area contributed by atoms with Crippen molar-refractivity contribution in [2.24, 2.45) is 0 Å². The number of hydrogen-bond acceptors (Lipinski definition) is 5. The first-order valence-corrected chi connectivity index (χ1v) is 5.86. The van der Waals surface area contributed by atoms with Gasteiger partial charge in [-0.25, -0.2) is 18.4 Å². The van der Waals surface area contributed by atoms with Gasteiger partial charge in [-0.05, 0) is 6.07 Å². The summed E-state index contributed by atoms with van der Waals surface area (Å²) in [4.78, 5) is 10.2. The quantitative estimate of drug-likeness (QED) is 0.696. The van der Waals surface area contributed by atoms with Gasteiger partial charge in [-0.3, -0.25) is 0 Å². The maximum Gasteiger partial charge on any atom is 0.248 e. The van der Waals surface area contributed by atoms with E-state index in [0.717, 1.165) is 6.26 Å². The highest BCUT2D eigenvalue weighted by molar-refractivity contribution is 7.90. The molecule has 7 heteroatoms. The Labute approximate surface area is 85.5 Å². The highest BCUT2D eigenvalue weighted by atomic mass is 32.2. The molecule has 0 fully saturated rings. The van der Waals surface area contributed by atoms with Crippen LogP contribution in [0.25, 0.3) is 11.0 Å². The van der Waals surface area contributed by atoms with Gasteiger partial charge in [-0.15, -0.1) is 0 Å². The van der Waals surface area contributed by atoms with E-state index in [1.165, 1.54) is 6.20 Å². The van der Waals surface area contributed by atoms with Crippen LogP contribution in [0.4, 0.5) is 0 Å². The van der Waals surface area contributed by atoms with Crippen molar-refractivity contribution >= 4 is 20.9 Å². The third-order valence-electron chi connectivity index (χ3n) is 1.80. The predicted molar refractivity (Wildman–Crippen MR) is 51.7 cm³/mol. The number of aromatic nitrogens is 3. The second-order valence-electron chi connectivity index (χ2n) is 3.02. The number of rotatable bonds is 1. The van der Waals surface area contributed by atoms with Gasteiger partial charge in [0.25, 0.3) is 0 Å². The van der Waals surface area contributed by atoms with Crippen molar-refractivity contribution in [2.45, 2.75) is 5.16 Å². The van der Waals surface area contributed by atoms with Crippen LogP contribution < -0.4 is 0 Å². The molecule has 2 heterocycles. The summed E-state index contributed by atoms with van der Waals surface area (Å²) in [6, 6.07) is 3.46. The zero-order chi connectivity index (χ0) is 11.1. The molecule has 0 bridgehead atoms. The molecule has 2 aromatic heterocycles. The van der Waals surface area contributed by atoms with E-state index >= 15 is 0 Å². The fourth-order valence-electron chi connectivity index (χ4n) is 1.14. The maximum atomic E-state index is 11.1. The predicted octanol–water partition coefficient (Wildman–Crippen LogP) is 0.233. The maximum absolute atomic E-state index is 11.1. The van der Waals surface area contributed by atoms with Crippen LogP contribution in [0.5, 0.6) is 0 Å². The van der Waals surface area contributed by atoms with Gasteiger partial charge >= 0.3 is 0 Å². The molecule has 0 atom stereocenters. The minimum absolute atomic E-state index is 0.249. The van der Waals surface area contributed by atoms with Crippen LogP contribution in [0.3, 0.4) is 0 Å². The third-order valence-corrected chi connectivity index (χ3v) is 2.66. The summed E-state index contributed by atoms with van der Waals surface area (Å²) in [5.41, 5.74) is 0.673. The molecule has 2 rings (SSSR count). The van der Waals surface area contributed by atoms with Gasteiger partial charge in [-0.2, -0.15) is 5.26 Å². The van der Waals surface area contributed by atoms with E-state index in [1.807, 2.05) is 6.07 Å². The molecule has 0 aliphatic heterocycles. The van der Waals surface area contributed by atoms with E-state index in [2.05, 4.69) is 15.0 Å². The molecular weight excluding hydrogens is 216 g/mol. The van der Waals surface area contributed by atoms with Gasteiger partial charge in [0.2, 0.25) is 15.0 Å². The molecule has 6 nitrogen and oxygen atoms in total. The van der Waals surface area contributed by atoms with Crippen LogP contribution in [0, 0.1) is 11.3 Å². The lowest BCUT2D eigenvalue weighted by Crippen LogP contribution is -2.03. The highest BCUT2D eigenvalue weighted by Crippen LogP contribution is 2.13. The number of fused-ring (bicyclic) bond motifs is 1. The van der Waals surface area contributed by atoms with Crippen LogP contribution in [0.1, 0.15) is 5.69 Å². The minimum Gasteiger partial charge on any atom is -0.331 e. The lowest BCUT2D eigenvalue weighted by atomic mass is 10.4. The molecule has 0 saturated heterocycles. The van der Waals surface area contributed by atoms with E-state index in [0.29, 0.717) is 16.7 Å². The number of hydrogen-bond donors (Lipinski definition) is 1. The van der Waals surface area contributed by atoms with Crippen molar-refractivity contribution in [2.75, 3.05) is 6.26 Å². The van der Waals surface area contributed by atoms with E-state index in [9.17, 15) is 8.42 Å². The Bertz CT molecular complexity index is 665. The Kier molecular flexibility index (Phi) is 1.94. The number of nitriles is 1. The fraction of sp³-hybridized carbons (Fsp3) is 0.125. The SMILES string of the molecule is CS(=O)(=O)c1ncc2cc(C#N)[nH]c2n1. The van der Waals surface area contributed by atoms with Crippen molar-refractivity contribution in [1.29, 1.82) is 5.26 Å². The third kappa shape index (κ3) is 1.67. The Morgan fingerprint density at radius 2 is 2.27 bits per heavy atom. The average molecular weight is 222 g/mol. The Hall–Kier alpha value is -1.94. The zero-order valence-electron chi connectivity index (χ0n) is 7.72. The molecular formula is C8H6N4O2S.